The number of hydrogen-bond donors (Lipinski definition) is 2. The second kappa shape index (κ2) is 3.41. The van der Waals surface area contributed by atoms with Crippen molar-refractivity contribution in [2.45, 2.75) is 18.9 Å². The van der Waals surface area contributed by atoms with Crippen molar-refractivity contribution in [3.05, 3.63) is 11.3 Å². The van der Waals surface area contributed by atoms with Gasteiger partial charge in [0, 0.05) is 25.7 Å². The number of aliphatic imine (C=N–C) groups is 1. The third kappa shape index (κ3) is 1.26. The summed E-state index contributed by atoms with van der Waals surface area (Å²) in [6.07, 6.45) is 2.84. The summed E-state index contributed by atoms with van der Waals surface area (Å²) in [6.45, 7) is 1.36. The first kappa shape index (κ1) is 9.53. The van der Waals surface area contributed by atoms with E-state index >= 15 is 0 Å². The van der Waals surface area contributed by atoms with E-state index in [1.807, 2.05) is 0 Å². The largest absolute Gasteiger partial charge is 0.310 e. The SMILES string of the molecule is O=C1NNC2CC(=O)N3CCCN=CC3=C12. The van der Waals surface area contributed by atoms with E-state index in [2.05, 4.69) is 15.8 Å². The van der Waals surface area contributed by atoms with Gasteiger partial charge in [0.05, 0.1) is 17.3 Å². The van der Waals surface area contributed by atoms with Gasteiger partial charge in [0.15, 0.2) is 0 Å². The maximum atomic E-state index is 11.9. The Labute approximate surface area is 92.4 Å². The Balaban J connectivity index is 2.12. The molecule has 3 aliphatic rings. The van der Waals surface area contributed by atoms with Gasteiger partial charge in [0.25, 0.3) is 5.91 Å². The number of hydrazine groups is 1. The molecule has 0 aliphatic carbocycles. The fourth-order valence-electron chi connectivity index (χ4n) is 2.32. The van der Waals surface area contributed by atoms with Crippen LogP contribution in [-0.2, 0) is 9.59 Å². The van der Waals surface area contributed by atoms with Crippen molar-refractivity contribution in [1.29, 1.82) is 0 Å². The Kier molecular flexibility index (Phi) is 2.03. The van der Waals surface area contributed by atoms with E-state index in [9.17, 15) is 9.59 Å². The summed E-state index contributed by atoms with van der Waals surface area (Å²) in [5.41, 5.74) is 6.69. The van der Waals surface area contributed by atoms with Gasteiger partial charge in [-0.3, -0.25) is 20.0 Å². The van der Waals surface area contributed by atoms with Crippen LogP contribution in [0.4, 0.5) is 0 Å². The lowest BCUT2D eigenvalue weighted by molar-refractivity contribution is -0.130. The first-order valence-electron chi connectivity index (χ1n) is 5.37. The summed E-state index contributed by atoms with van der Waals surface area (Å²) in [5.74, 6) is -0.0908. The maximum absolute atomic E-state index is 11.9. The Hall–Kier alpha value is -1.69. The van der Waals surface area contributed by atoms with Gasteiger partial charge >= 0.3 is 0 Å². The summed E-state index contributed by atoms with van der Waals surface area (Å²) < 4.78 is 0. The number of nitrogens with one attached hydrogen (secondary N) is 2. The molecule has 1 atom stereocenters. The second-order valence-electron chi connectivity index (χ2n) is 4.09. The van der Waals surface area contributed by atoms with Gasteiger partial charge in [-0.15, -0.1) is 0 Å². The first-order valence-corrected chi connectivity index (χ1v) is 5.37. The summed E-state index contributed by atoms with van der Waals surface area (Å²) >= 11 is 0. The van der Waals surface area contributed by atoms with Gasteiger partial charge < -0.3 is 4.90 Å². The van der Waals surface area contributed by atoms with E-state index < -0.39 is 0 Å². The Morgan fingerprint density at radius 1 is 1.44 bits per heavy atom. The van der Waals surface area contributed by atoms with E-state index in [0.717, 1.165) is 6.42 Å². The highest BCUT2D eigenvalue weighted by Crippen LogP contribution is 2.26. The molecule has 1 fully saturated rings. The molecule has 3 aliphatic heterocycles. The minimum absolute atomic E-state index is 0.0566. The van der Waals surface area contributed by atoms with Crippen LogP contribution in [0.3, 0.4) is 0 Å². The van der Waals surface area contributed by atoms with Gasteiger partial charge in [0.1, 0.15) is 0 Å². The molecule has 3 rings (SSSR count). The van der Waals surface area contributed by atoms with Gasteiger partial charge in [-0.2, -0.15) is 0 Å². The molecule has 84 valence electrons. The molecule has 2 amide bonds. The van der Waals surface area contributed by atoms with Crippen LogP contribution in [0.5, 0.6) is 0 Å². The molecule has 0 radical (unpaired) electrons. The fraction of sp³-hybridized carbons (Fsp3) is 0.500. The van der Waals surface area contributed by atoms with Crippen molar-refractivity contribution < 1.29 is 9.59 Å². The van der Waals surface area contributed by atoms with Crippen molar-refractivity contribution in [1.82, 2.24) is 15.8 Å². The molecule has 6 heteroatoms. The molecule has 0 aromatic rings. The van der Waals surface area contributed by atoms with Gasteiger partial charge in [-0.25, -0.2) is 5.43 Å². The summed E-state index contributed by atoms with van der Waals surface area (Å²) in [7, 11) is 0. The van der Waals surface area contributed by atoms with Crippen LogP contribution in [0.1, 0.15) is 12.8 Å². The lowest BCUT2D eigenvalue weighted by Crippen LogP contribution is -2.43. The standard InChI is InChI=1S/C10H12N4O2/c15-8-4-6-9(10(16)13-12-6)7-5-11-2-1-3-14(7)8/h5-6,12H,1-4H2,(H,13,16). The van der Waals surface area contributed by atoms with Crippen molar-refractivity contribution in [3.63, 3.8) is 0 Å². The zero-order valence-corrected chi connectivity index (χ0v) is 8.69. The van der Waals surface area contributed by atoms with Crippen LogP contribution in [0.2, 0.25) is 0 Å². The van der Waals surface area contributed by atoms with E-state index in [0.29, 0.717) is 30.8 Å². The van der Waals surface area contributed by atoms with E-state index in [-0.39, 0.29) is 17.9 Å². The monoisotopic (exact) mass is 220 g/mol. The number of allylic oxidation sites excluding steroid dienone is 1. The normalized spacial score (nSPS) is 28.8. The molecule has 1 unspecified atom stereocenters. The van der Waals surface area contributed by atoms with E-state index in [1.165, 1.54) is 0 Å². The minimum atomic E-state index is -0.198. The number of carbonyl (C=O) groups excluding carboxylic acids is 2. The van der Waals surface area contributed by atoms with Gasteiger partial charge in [-0.1, -0.05) is 0 Å². The smallest absolute Gasteiger partial charge is 0.265 e. The zero-order valence-electron chi connectivity index (χ0n) is 8.69. The maximum Gasteiger partial charge on any atom is 0.265 e. The Morgan fingerprint density at radius 3 is 3.19 bits per heavy atom. The predicted molar refractivity (Wildman–Crippen MR) is 56.4 cm³/mol. The molecule has 0 aromatic carbocycles. The highest BCUT2D eigenvalue weighted by atomic mass is 16.2. The fourth-order valence-corrected chi connectivity index (χ4v) is 2.32. The molecule has 0 bridgehead atoms. The van der Waals surface area contributed by atoms with Crippen LogP contribution in [0, 0.1) is 0 Å². The third-order valence-corrected chi connectivity index (χ3v) is 3.08. The van der Waals surface area contributed by atoms with Crippen LogP contribution >= 0.6 is 0 Å². The number of fused-ring (bicyclic) bond motifs is 2. The Morgan fingerprint density at radius 2 is 2.31 bits per heavy atom. The predicted octanol–water partition coefficient (Wildman–Crippen LogP) is -1.05. The number of hydrogen-bond acceptors (Lipinski definition) is 4. The average Bonchev–Trinajstić information content (AvgIpc) is 2.53. The second-order valence-corrected chi connectivity index (χ2v) is 4.09. The van der Waals surface area contributed by atoms with Gasteiger partial charge in [0.2, 0.25) is 5.91 Å². The summed E-state index contributed by atoms with van der Waals surface area (Å²) in [6, 6.07) is -0.198. The number of amides is 2. The summed E-state index contributed by atoms with van der Waals surface area (Å²) in [5, 5.41) is 0. The minimum Gasteiger partial charge on any atom is -0.310 e. The molecular formula is C10H12N4O2. The van der Waals surface area contributed by atoms with Crippen LogP contribution in [0.15, 0.2) is 16.3 Å². The number of carbonyl (C=O) groups is 2. The number of nitrogens with zero attached hydrogens (tertiary/aromatic N) is 2. The van der Waals surface area contributed by atoms with E-state index in [1.54, 1.807) is 11.1 Å². The molecule has 0 aromatic heterocycles. The molecule has 3 heterocycles. The van der Waals surface area contributed by atoms with Crippen molar-refractivity contribution in [3.8, 4) is 0 Å². The quantitative estimate of drug-likeness (QED) is 0.547. The summed E-state index contributed by atoms with van der Waals surface area (Å²) in [4.78, 5) is 29.4. The topological polar surface area (TPSA) is 73.8 Å². The number of rotatable bonds is 0. The van der Waals surface area contributed by atoms with Crippen LogP contribution in [-0.4, -0.2) is 42.1 Å². The molecule has 0 saturated carbocycles. The highest BCUT2D eigenvalue weighted by Gasteiger charge is 2.40. The molecule has 6 nitrogen and oxygen atoms in total. The van der Waals surface area contributed by atoms with Crippen LogP contribution < -0.4 is 10.9 Å². The lowest BCUT2D eigenvalue weighted by atomic mass is 9.97. The molecule has 1 saturated heterocycles. The molecular weight excluding hydrogens is 208 g/mol. The van der Waals surface area contributed by atoms with E-state index in [4.69, 9.17) is 0 Å². The highest BCUT2D eigenvalue weighted by molar-refractivity contribution is 6.06. The first-order chi connectivity index (χ1) is 7.77. The lowest BCUT2D eigenvalue weighted by Gasteiger charge is -2.29. The van der Waals surface area contributed by atoms with Crippen molar-refractivity contribution in [2.75, 3.05) is 13.1 Å². The molecule has 2 N–H and O–H groups in total. The molecule has 16 heavy (non-hydrogen) atoms. The zero-order chi connectivity index (χ0) is 11.1. The third-order valence-electron chi connectivity index (χ3n) is 3.08. The molecule has 0 spiro atoms. The van der Waals surface area contributed by atoms with Gasteiger partial charge in [-0.05, 0) is 6.42 Å². The van der Waals surface area contributed by atoms with Crippen LogP contribution in [0.25, 0.3) is 0 Å². The van der Waals surface area contributed by atoms with Crippen molar-refractivity contribution in [2.24, 2.45) is 4.99 Å². The average molecular weight is 220 g/mol. The van der Waals surface area contributed by atoms with Crippen molar-refractivity contribution >= 4 is 18.0 Å². The Bertz CT molecular complexity index is 427.